The Labute approximate surface area is 406 Å². The molecule has 5 saturated carbocycles. The Hall–Kier alpha value is -3.56. The van der Waals surface area contributed by atoms with Gasteiger partial charge in [-0.25, -0.2) is 0 Å². The second kappa shape index (κ2) is 46.2. The third-order valence-corrected chi connectivity index (χ3v) is 13.1. The number of ketones is 10. The smallest absolute Gasteiger partial charge is 0.198 e. The summed E-state index contributed by atoms with van der Waals surface area (Å²) < 4.78 is 0. The summed E-state index contributed by atoms with van der Waals surface area (Å²) in [5.74, 6) is -1.37. The van der Waals surface area contributed by atoms with E-state index >= 15 is 0 Å². The SMILES string of the molecule is C=C.O=C1CCCCCCCCCC1=O.O=C1CCCCCCCCCC1=O.O=C1CCCCCCCCCC1=O.O=C1CCCCCCCCCC1=O.O=C1CCCCCCCCCC1=O. The fraction of sp³-hybridized carbons (Fsp3) is 0.789. The first-order chi connectivity index (χ1) is 32.5. The third kappa shape index (κ3) is 39.0. The summed E-state index contributed by atoms with van der Waals surface area (Å²) in [6.45, 7) is 6.00. The van der Waals surface area contributed by atoms with E-state index in [1.807, 2.05) is 0 Å². The van der Waals surface area contributed by atoms with Crippen molar-refractivity contribution < 1.29 is 47.9 Å². The summed E-state index contributed by atoms with van der Waals surface area (Å²) in [4.78, 5) is 112. The number of carbonyl (C=O) groups is 10. The molecule has 382 valence electrons. The van der Waals surface area contributed by atoms with E-state index in [4.69, 9.17) is 0 Å². The Kier molecular flexibility index (Phi) is 43.7. The molecule has 67 heavy (non-hydrogen) atoms. The molecule has 5 aliphatic carbocycles. The maximum absolute atomic E-state index is 11.2. The first-order valence-electron chi connectivity index (χ1n) is 27.3. The number of carbonyl (C=O) groups excluding carboxylic acids is 10. The van der Waals surface area contributed by atoms with E-state index in [1.54, 1.807) is 0 Å². The number of rotatable bonds is 0. The van der Waals surface area contributed by atoms with Crippen LogP contribution in [-0.4, -0.2) is 57.8 Å². The van der Waals surface area contributed by atoms with Crippen LogP contribution in [0.1, 0.15) is 289 Å². The van der Waals surface area contributed by atoms with E-state index in [2.05, 4.69) is 13.2 Å². The highest BCUT2D eigenvalue weighted by molar-refractivity contribution is 6.38. The molecule has 0 N–H and O–H groups in total. The average molecular weight is 939 g/mol. The average Bonchev–Trinajstić information content (AvgIpc) is 3.48. The predicted molar refractivity (Wildman–Crippen MR) is 269 cm³/mol. The van der Waals surface area contributed by atoms with Gasteiger partial charge in [0, 0.05) is 64.2 Å². The molecule has 0 saturated heterocycles. The summed E-state index contributed by atoms with van der Waals surface area (Å²) >= 11 is 0. The predicted octanol–water partition coefficient (Wildman–Crippen LogP) is 14.0. The molecule has 0 atom stereocenters. The van der Waals surface area contributed by atoms with Gasteiger partial charge in [0.2, 0.25) is 0 Å². The summed E-state index contributed by atoms with van der Waals surface area (Å²) in [7, 11) is 0. The zero-order valence-corrected chi connectivity index (χ0v) is 42.3. The summed E-state index contributed by atoms with van der Waals surface area (Å²) in [5, 5.41) is 0. The maximum atomic E-state index is 11.2. The minimum Gasteiger partial charge on any atom is -0.291 e. The monoisotopic (exact) mass is 939 g/mol. The largest absolute Gasteiger partial charge is 0.291 e. The van der Waals surface area contributed by atoms with Crippen LogP contribution in [0.4, 0.5) is 0 Å². The number of hydrogen-bond acceptors (Lipinski definition) is 10. The standard InChI is InChI=1S/5C11H18O2.C2H4/c5*12-10-8-6-4-2-1-3-5-7-9-11(10)13;1-2/h5*1-9H2;1-2H2. The second-order valence-corrected chi connectivity index (χ2v) is 19.1. The molecule has 0 aliphatic heterocycles. The third-order valence-electron chi connectivity index (χ3n) is 13.1. The number of hydrogen-bond donors (Lipinski definition) is 0. The van der Waals surface area contributed by atoms with E-state index in [9.17, 15) is 47.9 Å². The van der Waals surface area contributed by atoms with Crippen LogP contribution in [0.2, 0.25) is 0 Å². The minimum atomic E-state index is -0.137. The van der Waals surface area contributed by atoms with Crippen LogP contribution in [0.3, 0.4) is 0 Å². The minimum absolute atomic E-state index is 0.137. The lowest BCUT2D eigenvalue weighted by Crippen LogP contribution is -2.12. The van der Waals surface area contributed by atoms with Gasteiger partial charge in [-0.1, -0.05) is 161 Å². The summed E-state index contributed by atoms with van der Waals surface area (Å²) in [5.41, 5.74) is 0. The normalized spacial score (nSPS) is 21.9. The molecule has 10 nitrogen and oxygen atoms in total. The van der Waals surface area contributed by atoms with Gasteiger partial charge in [0.15, 0.2) is 57.8 Å². The van der Waals surface area contributed by atoms with E-state index in [-0.39, 0.29) is 57.8 Å². The first-order valence-corrected chi connectivity index (χ1v) is 27.3. The van der Waals surface area contributed by atoms with Crippen molar-refractivity contribution in [3.8, 4) is 0 Å². The van der Waals surface area contributed by atoms with Gasteiger partial charge in [-0.05, 0) is 64.2 Å². The van der Waals surface area contributed by atoms with E-state index in [0.29, 0.717) is 64.2 Å². The lowest BCUT2D eigenvalue weighted by molar-refractivity contribution is -0.136. The van der Waals surface area contributed by atoms with Crippen molar-refractivity contribution in [2.45, 2.75) is 289 Å². The fourth-order valence-electron chi connectivity index (χ4n) is 8.67. The molecule has 5 aliphatic rings. The van der Waals surface area contributed by atoms with Gasteiger partial charge in [0.25, 0.3) is 0 Å². The molecule has 0 heterocycles. The van der Waals surface area contributed by atoms with Crippen molar-refractivity contribution in [2.75, 3.05) is 0 Å². The molecular weight excluding hydrogens is 845 g/mol. The van der Waals surface area contributed by atoms with Crippen LogP contribution in [0.5, 0.6) is 0 Å². The molecule has 0 unspecified atom stereocenters. The van der Waals surface area contributed by atoms with Gasteiger partial charge in [0.05, 0.1) is 0 Å². The highest BCUT2D eigenvalue weighted by Crippen LogP contribution is 2.17. The van der Waals surface area contributed by atoms with Gasteiger partial charge in [-0.3, -0.25) is 47.9 Å². The van der Waals surface area contributed by atoms with Crippen molar-refractivity contribution in [1.29, 1.82) is 0 Å². The Morgan fingerprint density at radius 3 is 0.269 bits per heavy atom. The molecule has 0 aromatic carbocycles. The van der Waals surface area contributed by atoms with Crippen LogP contribution < -0.4 is 0 Å². The molecule has 0 amide bonds. The first kappa shape index (κ1) is 63.4. The van der Waals surface area contributed by atoms with E-state index in [1.165, 1.54) is 96.3 Å². The van der Waals surface area contributed by atoms with Crippen LogP contribution in [-0.2, 0) is 47.9 Å². The summed E-state index contributed by atoms with van der Waals surface area (Å²) in [6, 6.07) is 0. The molecule has 5 fully saturated rings. The van der Waals surface area contributed by atoms with E-state index < -0.39 is 0 Å². The molecule has 10 heteroatoms. The van der Waals surface area contributed by atoms with Crippen molar-refractivity contribution in [3.63, 3.8) is 0 Å². The van der Waals surface area contributed by atoms with Crippen LogP contribution >= 0.6 is 0 Å². The van der Waals surface area contributed by atoms with Crippen LogP contribution in [0.15, 0.2) is 13.2 Å². The summed E-state index contributed by atoms with van der Waals surface area (Å²) in [6.07, 6.45) is 43.6. The van der Waals surface area contributed by atoms with E-state index in [0.717, 1.165) is 128 Å². The van der Waals surface area contributed by atoms with Gasteiger partial charge in [-0.15, -0.1) is 13.2 Å². The maximum Gasteiger partial charge on any atom is 0.198 e. The fourth-order valence-corrected chi connectivity index (χ4v) is 8.67. The molecule has 0 spiro atoms. The van der Waals surface area contributed by atoms with Gasteiger partial charge in [-0.2, -0.15) is 0 Å². The van der Waals surface area contributed by atoms with Gasteiger partial charge in [0.1, 0.15) is 0 Å². The quantitative estimate of drug-likeness (QED) is 0.168. The molecule has 0 radical (unpaired) electrons. The second-order valence-electron chi connectivity index (χ2n) is 19.1. The van der Waals surface area contributed by atoms with Crippen molar-refractivity contribution in [1.82, 2.24) is 0 Å². The lowest BCUT2D eigenvalue weighted by atomic mass is 10.1. The Morgan fingerprint density at radius 2 is 0.194 bits per heavy atom. The topological polar surface area (TPSA) is 171 Å². The molecule has 0 aromatic rings. The highest BCUT2D eigenvalue weighted by atomic mass is 16.2. The number of Topliss-reactive ketones (excluding diaryl/α,β-unsaturated/α-hetero) is 10. The lowest BCUT2D eigenvalue weighted by Gasteiger charge is -1.97. The zero-order chi connectivity index (χ0) is 49.6. The Bertz CT molecular complexity index is 1080. The van der Waals surface area contributed by atoms with Crippen LogP contribution in [0, 0.1) is 0 Å². The van der Waals surface area contributed by atoms with Crippen molar-refractivity contribution >= 4 is 57.8 Å². The Balaban J connectivity index is 0.000000805. The van der Waals surface area contributed by atoms with Crippen molar-refractivity contribution in [2.24, 2.45) is 0 Å². The molecular formula is C57H94O10. The van der Waals surface area contributed by atoms with Gasteiger partial charge < -0.3 is 0 Å². The molecule has 0 bridgehead atoms. The zero-order valence-electron chi connectivity index (χ0n) is 42.3. The van der Waals surface area contributed by atoms with Gasteiger partial charge >= 0.3 is 0 Å². The molecule has 5 rings (SSSR count). The molecule has 0 aromatic heterocycles. The van der Waals surface area contributed by atoms with Crippen LogP contribution in [0.25, 0.3) is 0 Å². The highest BCUT2D eigenvalue weighted by Gasteiger charge is 2.17. The van der Waals surface area contributed by atoms with Crippen molar-refractivity contribution in [3.05, 3.63) is 13.2 Å². The Morgan fingerprint density at radius 1 is 0.134 bits per heavy atom.